The fourth-order valence-electron chi connectivity index (χ4n) is 1.80. The molecule has 0 aliphatic heterocycles. The second-order valence-corrected chi connectivity index (χ2v) is 4.09. The molecule has 1 unspecified atom stereocenters. The summed E-state index contributed by atoms with van der Waals surface area (Å²) in [5.41, 5.74) is 0.103. The molecule has 2 rings (SSSR count). The van der Waals surface area contributed by atoms with Gasteiger partial charge < -0.3 is 9.73 Å². The van der Waals surface area contributed by atoms with Crippen LogP contribution in [-0.2, 0) is 0 Å². The molecule has 0 amide bonds. The molecule has 1 atom stereocenters. The van der Waals surface area contributed by atoms with Crippen LogP contribution in [0.15, 0.2) is 22.6 Å². The van der Waals surface area contributed by atoms with Crippen molar-refractivity contribution in [2.24, 2.45) is 0 Å². The summed E-state index contributed by atoms with van der Waals surface area (Å²) in [4.78, 5) is 0. The lowest BCUT2D eigenvalue weighted by Crippen LogP contribution is -2.20. The molecule has 6 heteroatoms. The van der Waals surface area contributed by atoms with E-state index in [4.69, 9.17) is 4.42 Å². The van der Waals surface area contributed by atoms with E-state index in [2.05, 4.69) is 15.5 Å². The number of benzene rings is 1. The first kappa shape index (κ1) is 13.6. The summed E-state index contributed by atoms with van der Waals surface area (Å²) in [6.45, 7) is 4.72. The maximum absolute atomic E-state index is 13.6. The Bertz CT molecular complexity index is 557. The van der Waals surface area contributed by atoms with Crippen LogP contribution in [0, 0.1) is 11.6 Å². The number of rotatable bonds is 5. The van der Waals surface area contributed by atoms with E-state index in [1.165, 1.54) is 6.07 Å². The molecule has 0 saturated heterocycles. The van der Waals surface area contributed by atoms with Gasteiger partial charge in [0.05, 0.1) is 11.6 Å². The van der Waals surface area contributed by atoms with E-state index >= 15 is 0 Å². The highest BCUT2D eigenvalue weighted by atomic mass is 19.1. The highest BCUT2D eigenvalue weighted by molar-refractivity contribution is 5.53. The monoisotopic (exact) mass is 267 g/mol. The quantitative estimate of drug-likeness (QED) is 0.904. The van der Waals surface area contributed by atoms with Crippen molar-refractivity contribution in [3.63, 3.8) is 0 Å². The Hall–Kier alpha value is -1.82. The topological polar surface area (TPSA) is 51.0 Å². The largest absolute Gasteiger partial charge is 0.419 e. The lowest BCUT2D eigenvalue weighted by molar-refractivity contribution is 0.401. The summed E-state index contributed by atoms with van der Waals surface area (Å²) in [5, 5.41) is 10.9. The normalized spacial score (nSPS) is 12.6. The van der Waals surface area contributed by atoms with Crippen LogP contribution in [0.4, 0.5) is 8.78 Å². The van der Waals surface area contributed by atoms with Gasteiger partial charge in [0.2, 0.25) is 5.89 Å². The zero-order valence-electron chi connectivity index (χ0n) is 10.8. The van der Waals surface area contributed by atoms with E-state index < -0.39 is 11.6 Å². The third-order valence-corrected chi connectivity index (χ3v) is 2.76. The lowest BCUT2D eigenvalue weighted by Gasteiger charge is -2.10. The number of hydrogen-bond donors (Lipinski definition) is 1. The Morgan fingerprint density at radius 2 is 2.05 bits per heavy atom. The number of nitrogens with zero attached hydrogens (tertiary/aromatic N) is 2. The molecule has 0 spiro atoms. The predicted octanol–water partition coefficient (Wildman–Crippen LogP) is 3.08. The SMILES string of the molecule is CCNC(CC)c1nnc(-c2ccc(F)cc2F)o1. The lowest BCUT2D eigenvalue weighted by atomic mass is 10.2. The Morgan fingerprint density at radius 3 is 2.68 bits per heavy atom. The van der Waals surface area contributed by atoms with Crippen LogP contribution in [0.2, 0.25) is 0 Å². The summed E-state index contributed by atoms with van der Waals surface area (Å²) in [6.07, 6.45) is 0.779. The Labute approximate surface area is 109 Å². The van der Waals surface area contributed by atoms with Crippen molar-refractivity contribution in [1.82, 2.24) is 15.5 Å². The number of nitrogens with one attached hydrogen (secondary N) is 1. The van der Waals surface area contributed by atoms with Gasteiger partial charge in [0.25, 0.3) is 5.89 Å². The summed E-state index contributed by atoms with van der Waals surface area (Å²) < 4.78 is 31.9. The first-order chi connectivity index (χ1) is 9.15. The first-order valence-electron chi connectivity index (χ1n) is 6.17. The number of hydrogen-bond acceptors (Lipinski definition) is 4. The summed E-state index contributed by atoms with van der Waals surface area (Å²) in [7, 11) is 0. The molecule has 0 aliphatic carbocycles. The van der Waals surface area contributed by atoms with Crippen molar-refractivity contribution >= 4 is 0 Å². The Kier molecular flexibility index (Phi) is 4.21. The molecule has 0 saturated carbocycles. The molecular weight excluding hydrogens is 252 g/mol. The van der Waals surface area contributed by atoms with E-state index in [9.17, 15) is 8.78 Å². The molecule has 102 valence electrons. The van der Waals surface area contributed by atoms with Crippen molar-refractivity contribution in [2.75, 3.05) is 6.54 Å². The molecule has 1 aromatic carbocycles. The summed E-state index contributed by atoms with van der Waals surface area (Å²) in [6, 6.07) is 3.18. The Balaban J connectivity index is 2.29. The molecule has 0 fully saturated rings. The smallest absolute Gasteiger partial charge is 0.250 e. The average molecular weight is 267 g/mol. The van der Waals surface area contributed by atoms with Gasteiger partial charge in [0.15, 0.2) is 0 Å². The van der Waals surface area contributed by atoms with Gasteiger partial charge in [-0.25, -0.2) is 8.78 Å². The van der Waals surface area contributed by atoms with Crippen LogP contribution in [0.3, 0.4) is 0 Å². The number of halogens is 2. The average Bonchev–Trinajstić information content (AvgIpc) is 2.85. The van der Waals surface area contributed by atoms with Crippen molar-refractivity contribution in [3.8, 4) is 11.5 Å². The minimum atomic E-state index is -0.716. The molecule has 0 radical (unpaired) electrons. The summed E-state index contributed by atoms with van der Waals surface area (Å²) in [5.74, 6) is -0.890. The molecule has 2 aromatic rings. The molecule has 19 heavy (non-hydrogen) atoms. The predicted molar refractivity (Wildman–Crippen MR) is 66.4 cm³/mol. The zero-order chi connectivity index (χ0) is 13.8. The standard InChI is InChI=1S/C13H15F2N3O/c1-3-11(16-4-2)13-18-17-12(19-13)9-6-5-8(14)7-10(9)15/h5-7,11,16H,3-4H2,1-2H3. The van der Waals surface area contributed by atoms with Crippen LogP contribution < -0.4 is 5.32 Å². The maximum atomic E-state index is 13.6. The van der Waals surface area contributed by atoms with Gasteiger partial charge >= 0.3 is 0 Å². The fourth-order valence-corrected chi connectivity index (χ4v) is 1.80. The molecular formula is C13H15F2N3O. The van der Waals surface area contributed by atoms with Gasteiger partial charge in [-0.1, -0.05) is 13.8 Å². The van der Waals surface area contributed by atoms with Crippen LogP contribution in [0.5, 0.6) is 0 Å². The molecule has 0 aliphatic rings. The third-order valence-electron chi connectivity index (χ3n) is 2.76. The van der Waals surface area contributed by atoms with Gasteiger partial charge in [-0.05, 0) is 25.1 Å². The molecule has 1 heterocycles. The fraction of sp³-hybridized carbons (Fsp3) is 0.385. The van der Waals surface area contributed by atoms with Gasteiger partial charge in [-0.15, -0.1) is 10.2 Å². The van der Waals surface area contributed by atoms with E-state index in [0.717, 1.165) is 25.1 Å². The number of aromatic nitrogens is 2. The van der Waals surface area contributed by atoms with E-state index in [1.54, 1.807) is 0 Å². The van der Waals surface area contributed by atoms with Gasteiger partial charge in [-0.3, -0.25) is 0 Å². The highest BCUT2D eigenvalue weighted by Crippen LogP contribution is 2.24. The highest BCUT2D eigenvalue weighted by Gasteiger charge is 2.18. The van der Waals surface area contributed by atoms with Crippen LogP contribution in [0.1, 0.15) is 32.2 Å². The summed E-state index contributed by atoms with van der Waals surface area (Å²) >= 11 is 0. The zero-order valence-corrected chi connectivity index (χ0v) is 10.8. The first-order valence-corrected chi connectivity index (χ1v) is 6.17. The second kappa shape index (κ2) is 5.88. The van der Waals surface area contributed by atoms with Gasteiger partial charge in [-0.2, -0.15) is 0 Å². The minimum absolute atomic E-state index is 0.0591. The van der Waals surface area contributed by atoms with Gasteiger partial charge in [0, 0.05) is 6.07 Å². The van der Waals surface area contributed by atoms with Crippen molar-refractivity contribution in [1.29, 1.82) is 0 Å². The molecule has 1 N–H and O–H groups in total. The van der Waals surface area contributed by atoms with Gasteiger partial charge in [0.1, 0.15) is 11.6 Å². The second-order valence-electron chi connectivity index (χ2n) is 4.09. The van der Waals surface area contributed by atoms with E-state index in [1.807, 2.05) is 13.8 Å². The maximum Gasteiger partial charge on any atom is 0.250 e. The third kappa shape index (κ3) is 2.96. The van der Waals surface area contributed by atoms with Crippen LogP contribution >= 0.6 is 0 Å². The van der Waals surface area contributed by atoms with Crippen LogP contribution in [-0.4, -0.2) is 16.7 Å². The Morgan fingerprint density at radius 1 is 1.26 bits per heavy atom. The molecule has 1 aromatic heterocycles. The van der Waals surface area contributed by atoms with Crippen molar-refractivity contribution < 1.29 is 13.2 Å². The minimum Gasteiger partial charge on any atom is -0.419 e. The van der Waals surface area contributed by atoms with Crippen molar-refractivity contribution in [2.45, 2.75) is 26.3 Å². The molecule has 4 nitrogen and oxygen atoms in total. The van der Waals surface area contributed by atoms with Crippen molar-refractivity contribution in [3.05, 3.63) is 35.7 Å². The molecule has 0 bridgehead atoms. The van der Waals surface area contributed by atoms with Crippen LogP contribution in [0.25, 0.3) is 11.5 Å². The van der Waals surface area contributed by atoms with E-state index in [-0.39, 0.29) is 17.5 Å². The van der Waals surface area contributed by atoms with E-state index in [0.29, 0.717) is 5.89 Å².